The summed E-state index contributed by atoms with van der Waals surface area (Å²) in [4.78, 5) is 26.8. The predicted molar refractivity (Wildman–Crippen MR) is 92.2 cm³/mol. The summed E-state index contributed by atoms with van der Waals surface area (Å²) in [6.45, 7) is 3.09. The Hall–Kier alpha value is -3.16. The molecule has 3 aromatic rings. The number of pyridine rings is 1. The molecule has 26 heavy (non-hydrogen) atoms. The fraction of sp³-hybridized carbons (Fsp3) is 0.333. The average Bonchev–Trinajstić information content (AvgIpc) is 3.19. The summed E-state index contributed by atoms with van der Waals surface area (Å²) < 4.78 is 5.83. The van der Waals surface area contributed by atoms with Crippen LogP contribution in [0.4, 0.5) is 0 Å². The summed E-state index contributed by atoms with van der Waals surface area (Å²) in [5.41, 5.74) is 1.28. The first-order chi connectivity index (χ1) is 12.7. The first-order valence-electron chi connectivity index (χ1n) is 8.52. The molecule has 1 aliphatic heterocycles. The number of nitrogens with zero attached hydrogens (tertiary/aromatic N) is 6. The highest BCUT2D eigenvalue weighted by atomic mass is 16.4. The Kier molecular flexibility index (Phi) is 4.39. The van der Waals surface area contributed by atoms with Crippen LogP contribution in [0.5, 0.6) is 0 Å². The van der Waals surface area contributed by atoms with Crippen molar-refractivity contribution in [2.24, 2.45) is 0 Å². The number of aromatic nitrogens is 5. The van der Waals surface area contributed by atoms with Crippen molar-refractivity contribution < 1.29 is 9.21 Å². The Morgan fingerprint density at radius 2 is 2.08 bits per heavy atom. The minimum Gasteiger partial charge on any atom is -0.420 e. The second-order valence-electron chi connectivity index (χ2n) is 6.30. The van der Waals surface area contributed by atoms with Gasteiger partial charge in [0.05, 0.1) is 17.0 Å². The second kappa shape index (κ2) is 6.99. The van der Waals surface area contributed by atoms with Crippen molar-refractivity contribution in [1.82, 2.24) is 30.0 Å². The molecule has 1 saturated heterocycles. The van der Waals surface area contributed by atoms with E-state index in [1.807, 2.05) is 11.8 Å². The Bertz CT molecular complexity index is 894. The van der Waals surface area contributed by atoms with Crippen LogP contribution >= 0.6 is 0 Å². The van der Waals surface area contributed by atoms with Crippen molar-refractivity contribution in [3.63, 3.8) is 0 Å². The molecule has 0 radical (unpaired) electrons. The zero-order valence-corrected chi connectivity index (χ0v) is 14.4. The number of amides is 1. The monoisotopic (exact) mass is 350 g/mol. The number of carbonyl (C=O) groups is 1. The highest BCUT2D eigenvalue weighted by molar-refractivity contribution is 5.93. The maximum atomic E-state index is 12.6. The van der Waals surface area contributed by atoms with Crippen LogP contribution in [0.25, 0.3) is 11.5 Å². The van der Waals surface area contributed by atoms with Gasteiger partial charge in [0.2, 0.25) is 5.89 Å². The normalized spacial score (nSPS) is 17.3. The van der Waals surface area contributed by atoms with Gasteiger partial charge in [-0.05, 0) is 31.9 Å². The Morgan fingerprint density at radius 3 is 2.85 bits per heavy atom. The summed E-state index contributed by atoms with van der Waals surface area (Å²) in [6, 6.07) is 3.55. The number of carbonyl (C=O) groups excluding carboxylic acids is 1. The molecule has 0 saturated carbocycles. The first-order valence-corrected chi connectivity index (χ1v) is 8.52. The third-order valence-corrected chi connectivity index (χ3v) is 4.43. The molecule has 1 aliphatic rings. The van der Waals surface area contributed by atoms with Crippen LogP contribution in [0.3, 0.4) is 0 Å². The predicted octanol–water partition coefficient (Wildman–Crippen LogP) is 2.25. The zero-order chi connectivity index (χ0) is 17.9. The van der Waals surface area contributed by atoms with Gasteiger partial charge in [0.15, 0.2) is 0 Å². The van der Waals surface area contributed by atoms with E-state index in [2.05, 4.69) is 25.1 Å². The van der Waals surface area contributed by atoms with Crippen LogP contribution in [0.2, 0.25) is 0 Å². The van der Waals surface area contributed by atoms with Crippen molar-refractivity contribution in [1.29, 1.82) is 0 Å². The van der Waals surface area contributed by atoms with Crippen molar-refractivity contribution in [2.45, 2.75) is 25.7 Å². The van der Waals surface area contributed by atoms with E-state index in [4.69, 9.17) is 4.42 Å². The molecule has 0 aliphatic carbocycles. The molecular formula is C18H18N6O2. The number of rotatable bonds is 3. The minimum atomic E-state index is -0.0190. The van der Waals surface area contributed by atoms with E-state index in [0.29, 0.717) is 35.3 Å². The SMILES string of the molecule is Cc1ncc(-c2nnc([C@H]3CCCN(C(=O)c4cccnc4)C3)o2)cn1. The molecular weight excluding hydrogens is 332 g/mol. The fourth-order valence-corrected chi connectivity index (χ4v) is 3.05. The van der Waals surface area contributed by atoms with Gasteiger partial charge >= 0.3 is 0 Å². The number of likely N-dealkylation sites (tertiary alicyclic amines) is 1. The summed E-state index contributed by atoms with van der Waals surface area (Å²) in [5, 5.41) is 8.29. The molecule has 0 unspecified atom stereocenters. The third-order valence-electron chi connectivity index (χ3n) is 4.43. The maximum absolute atomic E-state index is 12.6. The Morgan fingerprint density at radius 1 is 1.23 bits per heavy atom. The molecule has 0 N–H and O–H groups in total. The summed E-state index contributed by atoms with van der Waals surface area (Å²) in [7, 11) is 0. The van der Waals surface area contributed by atoms with E-state index in [1.165, 1.54) is 0 Å². The van der Waals surface area contributed by atoms with Gasteiger partial charge in [-0.2, -0.15) is 0 Å². The van der Waals surface area contributed by atoms with E-state index in [9.17, 15) is 4.79 Å². The molecule has 3 aromatic heterocycles. The lowest BCUT2D eigenvalue weighted by Crippen LogP contribution is -2.39. The number of aryl methyl sites for hydroxylation is 1. The largest absolute Gasteiger partial charge is 0.420 e. The van der Waals surface area contributed by atoms with Crippen LogP contribution in [-0.2, 0) is 0 Å². The summed E-state index contributed by atoms with van der Waals surface area (Å²) in [6.07, 6.45) is 8.38. The number of hydrogen-bond acceptors (Lipinski definition) is 7. The van der Waals surface area contributed by atoms with Crippen molar-refractivity contribution >= 4 is 5.91 Å². The topological polar surface area (TPSA) is 97.9 Å². The van der Waals surface area contributed by atoms with Gasteiger partial charge in [-0.25, -0.2) is 9.97 Å². The fourth-order valence-electron chi connectivity index (χ4n) is 3.05. The van der Waals surface area contributed by atoms with Gasteiger partial charge in [-0.1, -0.05) is 0 Å². The first kappa shape index (κ1) is 16.3. The lowest BCUT2D eigenvalue weighted by Gasteiger charge is -2.31. The lowest BCUT2D eigenvalue weighted by molar-refractivity contribution is 0.0698. The van der Waals surface area contributed by atoms with Gasteiger partial charge in [-0.3, -0.25) is 9.78 Å². The van der Waals surface area contributed by atoms with E-state index in [0.717, 1.165) is 19.4 Å². The second-order valence-corrected chi connectivity index (χ2v) is 6.30. The average molecular weight is 350 g/mol. The zero-order valence-electron chi connectivity index (χ0n) is 14.4. The molecule has 0 aromatic carbocycles. The number of hydrogen-bond donors (Lipinski definition) is 0. The van der Waals surface area contributed by atoms with Gasteiger partial charge < -0.3 is 9.32 Å². The highest BCUT2D eigenvalue weighted by Crippen LogP contribution is 2.28. The van der Waals surface area contributed by atoms with Crippen LogP contribution in [-0.4, -0.2) is 49.0 Å². The molecule has 0 spiro atoms. The smallest absolute Gasteiger partial charge is 0.255 e. The quantitative estimate of drug-likeness (QED) is 0.714. The van der Waals surface area contributed by atoms with Gasteiger partial charge in [-0.15, -0.1) is 10.2 Å². The molecule has 8 nitrogen and oxygen atoms in total. The summed E-state index contributed by atoms with van der Waals surface area (Å²) in [5.74, 6) is 1.64. The van der Waals surface area contributed by atoms with Gasteiger partial charge in [0.25, 0.3) is 11.8 Å². The van der Waals surface area contributed by atoms with Crippen molar-refractivity contribution in [3.05, 3.63) is 54.2 Å². The standard InChI is InChI=1S/C18H18N6O2/c1-12-20-9-15(10-21-12)17-23-22-16(26-17)14-5-3-7-24(11-14)18(25)13-4-2-6-19-8-13/h2,4,6,8-10,14H,3,5,7,11H2,1H3/t14-/m0/s1. The third kappa shape index (κ3) is 3.30. The molecule has 4 heterocycles. The molecule has 132 valence electrons. The van der Waals surface area contributed by atoms with Gasteiger partial charge in [0.1, 0.15) is 5.82 Å². The van der Waals surface area contributed by atoms with Crippen molar-refractivity contribution in [3.8, 4) is 11.5 Å². The number of piperidine rings is 1. The molecule has 1 amide bonds. The van der Waals surface area contributed by atoms with Crippen LogP contribution in [0, 0.1) is 6.92 Å². The molecule has 4 rings (SSSR count). The summed E-state index contributed by atoms with van der Waals surface area (Å²) >= 11 is 0. The maximum Gasteiger partial charge on any atom is 0.255 e. The highest BCUT2D eigenvalue weighted by Gasteiger charge is 2.29. The minimum absolute atomic E-state index is 0.0190. The van der Waals surface area contributed by atoms with E-state index in [-0.39, 0.29) is 11.8 Å². The van der Waals surface area contributed by atoms with E-state index in [1.54, 1.807) is 36.9 Å². The Balaban J connectivity index is 1.50. The molecule has 0 bridgehead atoms. The van der Waals surface area contributed by atoms with Gasteiger partial charge in [0, 0.05) is 37.9 Å². The molecule has 8 heteroatoms. The van der Waals surface area contributed by atoms with Crippen LogP contribution in [0.15, 0.2) is 41.3 Å². The molecule has 1 atom stereocenters. The van der Waals surface area contributed by atoms with E-state index < -0.39 is 0 Å². The molecule has 1 fully saturated rings. The lowest BCUT2D eigenvalue weighted by atomic mass is 9.97. The van der Waals surface area contributed by atoms with Crippen molar-refractivity contribution in [2.75, 3.05) is 13.1 Å². The van der Waals surface area contributed by atoms with Crippen LogP contribution < -0.4 is 0 Å². The van der Waals surface area contributed by atoms with E-state index >= 15 is 0 Å². The van der Waals surface area contributed by atoms with Crippen LogP contribution in [0.1, 0.15) is 40.8 Å². The Labute approximate surface area is 150 Å².